The molecule has 1 nitrogen and oxygen atoms in total. The summed E-state index contributed by atoms with van der Waals surface area (Å²) in [5.41, 5.74) is 0. The van der Waals surface area contributed by atoms with Gasteiger partial charge in [-0.1, -0.05) is 13.8 Å². The molecule has 0 aromatic carbocycles. The summed E-state index contributed by atoms with van der Waals surface area (Å²) >= 11 is 0. The summed E-state index contributed by atoms with van der Waals surface area (Å²) in [4.78, 5) is 0. The van der Waals surface area contributed by atoms with E-state index in [2.05, 4.69) is 19.2 Å². The average Bonchev–Trinajstić information content (AvgIpc) is 2.15. The molecule has 0 aromatic heterocycles. The Balaban J connectivity index is 0.000000810. The number of hydrogen-bond acceptors (Lipinski definition) is 1. The fourth-order valence-corrected chi connectivity index (χ4v) is 1.53. The molecule has 1 fully saturated rings. The Morgan fingerprint density at radius 3 is 2.89 bits per heavy atom. The minimum atomic E-state index is 0. The van der Waals surface area contributed by atoms with Crippen LogP contribution in [0, 0.1) is 5.92 Å². The minimum Gasteiger partial charge on any atom is -0.314 e. The standard InChI is InChI=1S/C8H17N.H2/c1-7(2)6-8-4-3-5-9-8;/h7-9H,3-6H2,1-2H3;1H/t8-;/m0./s1. The minimum absolute atomic E-state index is 0. The van der Waals surface area contributed by atoms with Crippen molar-refractivity contribution in [1.82, 2.24) is 5.32 Å². The summed E-state index contributed by atoms with van der Waals surface area (Å²) < 4.78 is 0. The Labute approximate surface area is 59.3 Å². The number of rotatable bonds is 2. The molecule has 0 unspecified atom stereocenters. The van der Waals surface area contributed by atoms with Crippen LogP contribution in [0.3, 0.4) is 0 Å². The normalized spacial score (nSPS) is 27.7. The molecule has 1 N–H and O–H groups in total. The zero-order valence-electron chi connectivity index (χ0n) is 6.48. The van der Waals surface area contributed by atoms with Crippen LogP contribution in [0.1, 0.15) is 34.5 Å². The van der Waals surface area contributed by atoms with Crippen molar-refractivity contribution in [3.05, 3.63) is 0 Å². The van der Waals surface area contributed by atoms with E-state index in [1.54, 1.807) is 0 Å². The Hall–Kier alpha value is -0.0400. The molecular weight excluding hydrogens is 110 g/mol. The van der Waals surface area contributed by atoms with E-state index in [0.717, 1.165) is 12.0 Å². The second-order valence-corrected chi connectivity index (χ2v) is 3.42. The SMILES string of the molecule is CC(C)C[C@@H]1CCCN1.[HH]. The zero-order valence-corrected chi connectivity index (χ0v) is 6.48. The van der Waals surface area contributed by atoms with Crippen LogP contribution in [0.25, 0.3) is 0 Å². The van der Waals surface area contributed by atoms with Crippen molar-refractivity contribution in [1.29, 1.82) is 0 Å². The van der Waals surface area contributed by atoms with Crippen LogP contribution in [-0.2, 0) is 0 Å². The Morgan fingerprint density at radius 1 is 1.67 bits per heavy atom. The van der Waals surface area contributed by atoms with Crippen molar-refractivity contribution in [2.45, 2.75) is 39.2 Å². The van der Waals surface area contributed by atoms with Gasteiger partial charge in [-0.2, -0.15) is 0 Å². The Bertz CT molecular complexity index is 77.3. The first-order valence-electron chi connectivity index (χ1n) is 4.02. The van der Waals surface area contributed by atoms with Crippen LogP contribution < -0.4 is 5.32 Å². The van der Waals surface area contributed by atoms with Gasteiger partial charge < -0.3 is 5.32 Å². The molecule has 56 valence electrons. The second kappa shape index (κ2) is 3.21. The third-order valence-electron chi connectivity index (χ3n) is 1.92. The van der Waals surface area contributed by atoms with Gasteiger partial charge in [-0.05, 0) is 31.7 Å². The summed E-state index contributed by atoms with van der Waals surface area (Å²) in [6.07, 6.45) is 4.15. The van der Waals surface area contributed by atoms with Gasteiger partial charge in [0.15, 0.2) is 0 Å². The van der Waals surface area contributed by atoms with Crippen molar-refractivity contribution in [2.75, 3.05) is 6.54 Å². The van der Waals surface area contributed by atoms with Gasteiger partial charge in [0, 0.05) is 7.47 Å². The molecule has 0 radical (unpaired) electrons. The summed E-state index contributed by atoms with van der Waals surface area (Å²) in [6.45, 7) is 5.83. The quantitative estimate of drug-likeness (QED) is 0.601. The summed E-state index contributed by atoms with van der Waals surface area (Å²) in [6, 6.07) is 0.838. The molecule has 0 saturated carbocycles. The highest BCUT2D eigenvalue weighted by atomic mass is 14.9. The van der Waals surface area contributed by atoms with E-state index in [1.165, 1.54) is 25.8 Å². The first-order valence-corrected chi connectivity index (χ1v) is 4.02. The average molecular weight is 129 g/mol. The lowest BCUT2D eigenvalue weighted by Crippen LogP contribution is -2.22. The van der Waals surface area contributed by atoms with Crippen LogP contribution in [0.15, 0.2) is 0 Å². The number of nitrogens with one attached hydrogen (secondary N) is 1. The molecule has 0 amide bonds. The van der Waals surface area contributed by atoms with Crippen molar-refractivity contribution in [3.63, 3.8) is 0 Å². The van der Waals surface area contributed by atoms with E-state index in [9.17, 15) is 0 Å². The van der Waals surface area contributed by atoms with E-state index in [1.807, 2.05) is 0 Å². The molecule has 9 heavy (non-hydrogen) atoms. The first-order chi connectivity index (χ1) is 4.29. The molecule has 0 spiro atoms. The molecule has 1 saturated heterocycles. The lowest BCUT2D eigenvalue weighted by Gasteiger charge is -2.11. The van der Waals surface area contributed by atoms with E-state index in [0.29, 0.717) is 0 Å². The van der Waals surface area contributed by atoms with Crippen LogP contribution >= 0.6 is 0 Å². The summed E-state index contributed by atoms with van der Waals surface area (Å²) in [5, 5.41) is 3.49. The predicted molar refractivity (Wildman–Crippen MR) is 42.6 cm³/mol. The third-order valence-corrected chi connectivity index (χ3v) is 1.92. The predicted octanol–water partition coefficient (Wildman–Crippen LogP) is 2.03. The maximum absolute atomic E-state index is 3.49. The fraction of sp³-hybridized carbons (Fsp3) is 1.00. The topological polar surface area (TPSA) is 12.0 Å². The van der Waals surface area contributed by atoms with Gasteiger partial charge in [-0.25, -0.2) is 0 Å². The highest BCUT2D eigenvalue weighted by molar-refractivity contribution is 4.74. The smallest absolute Gasteiger partial charge is 0.00699 e. The van der Waals surface area contributed by atoms with Crippen molar-refractivity contribution < 1.29 is 1.43 Å². The molecule has 0 bridgehead atoms. The van der Waals surface area contributed by atoms with Crippen molar-refractivity contribution in [2.24, 2.45) is 5.92 Å². The third kappa shape index (κ3) is 2.35. The van der Waals surface area contributed by atoms with Crippen LogP contribution in [-0.4, -0.2) is 12.6 Å². The molecular formula is C8H19N. The van der Waals surface area contributed by atoms with Gasteiger partial charge in [0.25, 0.3) is 0 Å². The Morgan fingerprint density at radius 2 is 2.44 bits per heavy atom. The molecule has 1 heterocycles. The van der Waals surface area contributed by atoms with Gasteiger partial charge in [0.05, 0.1) is 0 Å². The van der Waals surface area contributed by atoms with Crippen LogP contribution in [0.5, 0.6) is 0 Å². The lowest BCUT2D eigenvalue weighted by molar-refractivity contribution is 0.464. The highest BCUT2D eigenvalue weighted by Crippen LogP contribution is 2.13. The van der Waals surface area contributed by atoms with Crippen LogP contribution in [0.4, 0.5) is 0 Å². The maximum atomic E-state index is 3.49. The van der Waals surface area contributed by atoms with Crippen LogP contribution in [0.2, 0.25) is 0 Å². The van der Waals surface area contributed by atoms with E-state index in [-0.39, 0.29) is 1.43 Å². The summed E-state index contributed by atoms with van der Waals surface area (Å²) in [5.74, 6) is 0.862. The molecule has 0 aliphatic carbocycles. The summed E-state index contributed by atoms with van der Waals surface area (Å²) in [7, 11) is 0. The first kappa shape index (κ1) is 7.07. The molecule has 1 aliphatic rings. The van der Waals surface area contributed by atoms with Gasteiger partial charge in [-0.3, -0.25) is 0 Å². The molecule has 1 rings (SSSR count). The van der Waals surface area contributed by atoms with Gasteiger partial charge in [0.2, 0.25) is 0 Å². The number of hydrogen-bond donors (Lipinski definition) is 1. The van der Waals surface area contributed by atoms with Crippen molar-refractivity contribution >= 4 is 0 Å². The molecule has 1 heteroatoms. The zero-order chi connectivity index (χ0) is 6.69. The van der Waals surface area contributed by atoms with Gasteiger partial charge in [0.1, 0.15) is 0 Å². The van der Waals surface area contributed by atoms with E-state index >= 15 is 0 Å². The van der Waals surface area contributed by atoms with Crippen molar-refractivity contribution in [3.8, 4) is 0 Å². The Kier molecular flexibility index (Phi) is 2.52. The second-order valence-electron chi connectivity index (χ2n) is 3.42. The van der Waals surface area contributed by atoms with Gasteiger partial charge in [-0.15, -0.1) is 0 Å². The molecule has 1 atom stereocenters. The maximum Gasteiger partial charge on any atom is 0.00699 e. The molecule has 1 aliphatic heterocycles. The largest absolute Gasteiger partial charge is 0.314 e. The van der Waals surface area contributed by atoms with E-state index in [4.69, 9.17) is 0 Å². The van der Waals surface area contributed by atoms with Gasteiger partial charge >= 0.3 is 0 Å². The highest BCUT2D eigenvalue weighted by Gasteiger charge is 2.14. The monoisotopic (exact) mass is 129 g/mol. The van der Waals surface area contributed by atoms with E-state index < -0.39 is 0 Å². The fourth-order valence-electron chi connectivity index (χ4n) is 1.53. The molecule has 0 aromatic rings. The lowest BCUT2D eigenvalue weighted by atomic mass is 10.0.